The minimum atomic E-state index is -4.38. The van der Waals surface area contributed by atoms with Crippen molar-refractivity contribution in [2.24, 2.45) is 0 Å². The lowest BCUT2D eigenvalue weighted by Crippen LogP contribution is -2.26. The average molecular weight is 295 g/mol. The van der Waals surface area contributed by atoms with Crippen molar-refractivity contribution in [2.75, 3.05) is 6.54 Å². The molecule has 2 aromatic rings. The predicted molar refractivity (Wildman–Crippen MR) is 73.7 cm³/mol. The minimum Gasteiger partial charge on any atom is -0.459 e. The fourth-order valence-corrected chi connectivity index (χ4v) is 2.72. The lowest BCUT2D eigenvalue weighted by atomic mass is 10.0. The molecule has 1 aromatic carbocycles. The molecule has 1 aliphatic heterocycles. The van der Waals surface area contributed by atoms with Crippen molar-refractivity contribution >= 4 is 0 Å². The molecule has 0 unspecified atom stereocenters. The Kier molecular flexibility index (Phi) is 3.76. The number of piperidine rings is 1. The van der Waals surface area contributed by atoms with Crippen LogP contribution in [0.15, 0.2) is 40.8 Å². The molecule has 0 aliphatic carbocycles. The molecule has 21 heavy (non-hydrogen) atoms. The van der Waals surface area contributed by atoms with Gasteiger partial charge in [0.15, 0.2) is 0 Å². The lowest BCUT2D eigenvalue weighted by Gasteiger charge is -2.21. The van der Waals surface area contributed by atoms with Gasteiger partial charge in [-0.3, -0.25) is 0 Å². The Labute approximate surface area is 121 Å². The molecule has 1 saturated heterocycles. The fourth-order valence-electron chi connectivity index (χ4n) is 2.72. The molecule has 0 saturated carbocycles. The van der Waals surface area contributed by atoms with Crippen molar-refractivity contribution in [2.45, 2.75) is 31.5 Å². The monoisotopic (exact) mass is 295 g/mol. The van der Waals surface area contributed by atoms with Crippen LogP contribution in [-0.4, -0.2) is 6.54 Å². The second-order valence-corrected chi connectivity index (χ2v) is 5.25. The molecule has 112 valence electrons. The fraction of sp³-hybridized carbons (Fsp3) is 0.375. The van der Waals surface area contributed by atoms with Crippen molar-refractivity contribution in [3.63, 3.8) is 0 Å². The second kappa shape index (κ2) is 5.56. The predicted octanol–water partition coefficient (Wildman–Crippen LogP) is 4.78. The van der Waals surface area contributed by atoms with Gasteiger partial charge in [-0.1, -0.05) is 24.6 Å². The highest BCUT2D eigenvalue weighted by Gasteiger charge is 2.34. The molecule has 0 spiro atoms. The van der Waals surface area contributed by atoms with Gasteiger partial charge in [-0.25, -0.2) is 0 Å². The maximum Gasteiger partial charge on any atom is 0.417 e. The van der Waals surface area contributed by atoms with Crippen molar-refractivity contribution in [1.29, 1.82) is 0 Å². The van der Waals surface area contributed by atoms with E-state index in [-0.39, 0.29) is 17.4 Å². The summed E-state index contributed by atoms with van der Waals surface area (Å²) in [6.07, 6.45) is -1.20. The van der Waals surface area contributed by atoms with Crippen LogP contribution < -0.4 is 5.32 Å². The minimum absolute atomic E-state index is 0.0899. The first-order valence-electron chi connectivity index (χ1n) is 7.05. The maximum absolute atomic E-state index is 13.0. The lowest BCUT2D eigenvalue weighted by molar-refractivity contribution is -0.137. The largest absolute Gasteiger partial charge is 0.459 e. The molecule has 2 nitrogen and oxygen atoms in total. The number of halogens is 3. The smallest absolute Gasteiger partial charge is 0.417 e. The van der Waals surface area contributed by atoms with E-state index in [0.717, 1.165) is 31.9 Å². The Morgan fingerprint density at radius 3 is 2.57 bits per heavy atom. The summed E-state index contributed by atoms with van der Waals surface area (Å²) in [5, 5.41) is 3.33. The van der Waals surface area contributed by atoms with Crippen LogP contribution in [0, 0.1) is 0 Å². The molecular formula is C16H16F3NO. The van der Waals surface area contributed by atoms with Gasteiger partial charge in [0.2, 0.25) is 0 Å². The zero-order valence-corrected chi connectivity index (χ0v) is 11.4. The topological polar surface area (TPSA) is 25.2 Å². The standard InChI is InChI=1S/C16H16F3NO/c17-16(18,19)12-6-2-1-5-11(12)14-8-9-15(21-14)13-7-3-4-10-20-13/h1-2,5-6,8-9,13,20H,3-4,7,10H2/t13-/m0/s1. The number of hydrogen-bond acceptors (Lipinski definition) is 2. The Morgan fingerprint density at radius 2 is 1.86 bits per heavy atom. The third kappa shape index (κ3) is 2.97. The highest BCUT2D eigenvalue weighted by Crippen LogP contribution is 2.38. The molecule has 0 amide bonds. The van der Waals surface area contributed by atoms with Crippen LogP contribution in [0.4, 0.5) is 13.2 Å². The van der Waals surface area contributed by atoms with E-state index in [0.29, 0.717) is 5.76 Å². The van der Waals surface area contributed by atoms with Crippen molar-refractivity contribution in [3.05, 3.63) is 47.7 Å². The Morgan fingerprint density at radius 1 is 1.05 bits per heavy atom. The highest BCUT2D eigenvalue weighted by molar-refractivity contribution is 5.63. The van der Waals surface area contributed by atoms with Gasteiger partial charge >= 0.3 is 6.18 Å². The van der Waals surface area contributed by atoms with E-state index in [1.54, 1.807) is 18.2 Å². The van der Waals surface area contributed by atoms with Gasteiger partial charge in [0.25, 0.3) is 0 Å². The first-order valence-corrected chi connectivity index (χ1v) is 7.05. The first-order chi connectivity index (χ1) is 10.1. The third-order valence-corrected chi connectivity index (χ3v) is 3.78. The first kappa shape index (κ1) is 14.2. The summed E-state index contributed by atoms with van der Waals surface area (Å²) in [5.41, 5.74) is -0.574. The van der Waals surface area contributed by atoms with Gasteiger partial charge in [0.05, 0.1) is 11.6 Å². The molecule has 5 heteroatoms. The van der Waals surface area contributed by atoms with Crippen LogP contribution in [0.5, 0.6) is 0 Å². The molecule has 2 heterocycles. The molecule has 1 N–H and O–H groups in total. The molecule has 1 aromatic heterocycles. The Bertz CT molecular complexity index is 612. The van der Waals surface area contributed by atoms with Gasteiger partial charge in [0.1, 0.15) is 11.5 Å². The number of rotatable bonds is 2. The summed E-state index contributed by atoms with van der Waals surface area (Å²) in [4.78, 5) is 0. The maximum atomic E-state index is 13.0. The van der Waals surface area contributed by atoms with Crippen LogP contribution in [-0.2, 0) is 6.18 Å². The van der Waals surface area contributed by atoms with E-state index in [2.05, 4.69) is 5.32 Å². The summed E-state index contributed by atoms with van der Waals surface area (Å²) in [7, 11) is 0. The quantitative estimate of drug-likeness (QED) is 0.862. The summed E-state index contributed by atoms with van der Waals surface area (Å²) < 4.78 is 44.8. The second-order valence-electron chi connectivity index (χ2n) is 5.25. The van der Waals surface area contributed by atoms with Crippen LogP contribution in [0.25, 0.3) is 11.3 Å². The molecule has 0 radical (unpaired) electrons. The van der Waals surface area contributed by atoms with Gasteiger partial charge in [-0.15, -0.1) is 0 Å². The summed E-state index contributed by atoms with van der Waals surface area (Å²) >= 11 is 0. The molecule has 3 rings (SSSR count). The van der Waals surface area contributed by atoms with Gasteiger partial charge in [-0.2, -0.15) is 13.2 Å². The zero-order valence-electron chi connectivity index (χ0n) is 11.4. The molecular weight excluding hydrogens is 279 g/mol. The van der Waals surface area contributed by atoms with Crippen molar-refractivity contribution < 1.29 is 17.6 Å². The summed E-state index contributed by atoms with van der Waals surface area (Å²) in [5.74, 6) is 0.979. The number of alkyl halides is 3. The SMILES string of the molecule is FC(F)(F)c1ccccc1-c1ccc([C@@H]2CCCCN2)o1. The zero-order chi connectivity index (χ0) is 14.9. The number of furan rings is 1. The molecule has 0 bridgehead atoms. The number of benzene rings is 1. The van der Waals surface area contributed by atoms with Crippen LogP contribution in [0.2, 0.25) is 0 Å². The Balaban J connectivity index is 1.93. The Hall–Kier alpha value is -1.75. The number of nitrogens with one attached hydrogen (secondary N) is 1. The van der Waals surface area contributed by atoms with Crippen LogP contribution in [0.1, 0.15) is 36.6 Å². The van der Waals surface area contributed by atoms with Gasteiger partial charge in [0, 0.05) is 5.56 Å². The van der Waals surface area contributed by atoms with Gasteiger partial charge < -0.3 is 9.73 Å². The van der Waals surface area contributed by atoms with E-state index in [4.69, 9.17) is 4.42 Å². The molecule has 1 aliphatic rings. The van der Waals surface area contributed by atoms with E-state index in [1.807, 2.05) is 0 Å². The van der Waals surface area contributed by atoms with E-state index < -0.39 is 11.7 Å². The summed E-state index contributed by atoms with van der Waals surface area (Å²) in [6, 6.07) is 8.99. The van der Waals surface area contributed by atoms with Gasteiger partial charge in [-0.05, 0) is 37.6 Å². The van der Waals surface area contributed by atoms with Crippen molar-refractivity contribution in [3.8, 4) is 11.3 Å². The van der Waals surface area contributed by atoms with Crippen molar-refractivity contribution in [1.82, 2.24) is 5.32 Å². The molecule has 1 atom stereocenters. The normalized spacial score (nSPS) is 19.7. The molecule has 1 fully saturated rings. The third-order valence-electron chi connectivity index (χ3n) is 3.78. The van der Waals surface area contributed by atoms with Crippen LogP contribution >= 0.6 is 0 Å². The van der Waals surface area contributed by atoms with Crippen LogP contribution in [0.3, 0.4) is 0 Å². The number of hydrogen-bond donors (Lipinski definition) is 1. The van der Waals surface area contributed by atoms with E-state index >= 15 is 0 Å². The average Bonchev–Trinajstić information content (AvgIpc) is 2.97. The highest BCUT2D eigenvalue weighted by atomic mass is 19.4. The van der Waals surface area contributed by atoms with E-state index in [9.17, 15) is 13.2 Å². The summed E-state index contributed by atoms with van der Waals surface area (Å²) in [6.45, 7) is 0.917. The van der Waals surface area contributed by atoms with E-state index in [1.165, 1.54) is 12.1 Å².